The number of aromatic nitrogens is 3. The highest BCUT2D eigenvalue weighted by atomic mass is 35.5. The molecule has 4 nitrogen and oxygen atoms in total. The predicted octanol–water partition coefficient (Wildman–Crippen LogP) is 2.88. The summed E-state index contributed by atoms with van der Waals surface area (Å²) < 4.78 is 1.75. The Hall–Kier alpha value is -1.10. The Morgan fingerprint density at radius 2 is 2.11 bits per heavy atom. The monoisotopic (exact) mass is 285 g/mol. The molecule has 1 aromatic heterocycles. The predicted molar refractivity (Wildman–Crippen MR) is 70.8 cm³/mol. The number of aliphatic hydroxyl groups is 1. The van der Waals surface area contributed by atoms with E-state index >= 15 is 0 Å². The van der Waals surface area contributed by atoms with E-state index in [1.807, 2.05) is 6.92 Å². The lowest BCUT2D eigenvalue weighted by molar-refractivity contribution is 0.174. The summed E-state index contributed by atoms with van der Waals surface area (Å²) in [5, 5.41) is 15.1. The zero-order valence-electron chi connectivity index (χ0n) is 9.85. The van der Waals surface area contributed by atoms with Crippen molar-refractivity contribution in [3.8, 4) is 0 Å². The molecule has 96 valence electrons. The normalized spacial score (nSPS) is 12.7. The van der Waals surface area contributed by atoms with E-state index in [1.165, 1.54) is 6.33 Å². The molecule has 0 aliphatic heterocycles. The Kier molecular flexibility index (Phi) is 4.22. The smallest absolute Gasteiger partial charge is 0.138 e. The third kappa shape index (κ3) is 2.83. The molecule has 1 N–H and O–H groups in total. The van der Waals surface area contributed by atoms with Gasteiger partial charge in [0.05, 0.1) is 16.1 Å². The third-order valence-corrected chi connectivity index (χ3v) is 3.44. The maximum Gasteiger partial charge on any atom is 0.138 e. The van der Waals surface area contributed by atoms with E-state index in [1.54, 1.807) is 22.9 Å². The molecule has 18 heavy (non-hydrogen) atoms. The second-order valence-corrected chi connectivity index (χ2v) is 4.70. The van der Waals surface area contributed by atoms with Gasteiger partial charge in [-0.25, -0.2) is 4.98 Å². The van der Waals surface area contributed by atoms with Gasteiger partial charge in [-0.15, -0.1) is 0 Å². The van der Waals surface area contributed by atoms with Gasteiger partial charge >= 0.3 is 0 Å². The quantitative estimate of drug-likeness (QED) is 0.940. The molecule has 0 aliphatic rings. The maximum absolute atomic E-state index is 10.1. The number of aliphatic hydroxyl groups excluding tert-OH is 1. The van der Waals surface area contributed by atoms with Gasteiger partial charge in [-0.3, -0.25) is 4.68 Å². The summed E-state index contributed by atoms with van der Waals surface area (Å²) in [4.78, 5) is 4.13. The fourth-order valence-corrected chi connectivity index (χ4v) is 2.03. The first-order valence-electron chi connectivity index (χ1n) is 5.61. The van der Waals surface area contributed by atoms with Crippen LogP contribution in [-0.2, 0) is 13.0 Å². The topological polar surface area (TPSA) is 50.9 Å². The van der Waals surface area contributed by atoms with Gasteiger partial charge in [0, 0.05) is 13.0 Å². The van der Waals surface area contributed by atoms with Crippen molar-refractivity contribution in [2.45, 2.75) is 26.0 Å². The Bertz CT molecular complexity index is 542. The molecule has 0 saturated carbocycles. The van der Waals surface area contributed by atoms with Crippen LogP contribution in [0.15, 0.2) is 24.5 Å². The molecule has 1 unspecified atom stereocenters. The molecule has 0 saturated heterocycles. The summed E-state index contributed by atoms with van der Waals surface area (Å²) in [5.41, 5.74) is 0.718. The van der Waals surface area contributed by atoms with Crippen molar-refractivity contribution in [1.29, 1.82) is 0 Å². The highest BCUT2D eigenvalue weighted by Crippen LogP contribution is 2.26. The summed E-state index contributed by atoms with van der Waals surface area (Å²) in [7, 11) is 0. The van der Waals surface area contributed by atoms with Crippen molar-refractivity contribution in [2.24, 2.45) is 0 Å². The molecule has 2 rings (SSSR count). The van der Waals surface area contributed by atoms with Crippen molar-refractivity contribution in [3.63, 3.8) is 0 Å². The van der Waals surface area contributed by atoms with Crippen LogP contribution in [0.4, 0.5) is 0 Å². The minimum Gasteiger partial charge on any atom is -0.388 e. The molecular weight excluding hydrogens is 273 g/mol. The summed E-state index contributed by atoms with van der Waals surface area (Å²) in [6.45, 7) is 2.70. The molecule has 1 aromatic carbocycles. The molecule has 1 heterocycles. The molecule has 0 bridgehead atoms. The van der Waals surface area contributed by atoms with Crippen molar-refractivity contribution < 1.29 is 5.11 Å². The van der Waals surface area contributed by atoms with Crippen LogP contribution in [-0.4, -0.2) is 19.9 Å². The van der Waals surface area contributed by atoms with Gasteiger partial charge in [-0.1, -0.05) is 29.3 Å². The lowest BCUT2D eigenvalue weighted by Crippen LogP contribution is -2.09. The first-order valence-corrected chi connectivity index (χ1v) is 6.37. The van der Waals surface area contributed by atoms with Gasteiger partial charge in [0.2, 0.25) is 0 Å². The second kappa shape index (κ2) is 5.69. The minimum absolute atomic E-state index is 0.395. The van der Waals surface area contributed by atoms with Gasteiger partial charge in [0.1, 0.15) is 12.2 Å². The minimum atomic E-state index is -0.672. The van der Waals surface area contributed by atoms with E-state index < -0.39 is 6.10 Å². The number of aryl methyl sites for hydroxylation is 1. The third-order valence-electron chi connectivity index (χ3n) is 2.70. The maximum atomic E-state index is 10.1. The molecule has 0 amide bonds. The van der Waals surface area contributed by atoms with E-state index in [0.29, 0.717) is 16.5 Å². The average molecular weight is 286 g/mol. The van der Waals surface area contributed by atoms with Crippen LogP contribution < -0.4 is 0 Å². The zero-order valence-corrected chi connectivity index (χ0v) is 11.4. The van der Waals surface area contributed by atoms with Crippen LogP contribution in [0.2, 0.25) is 10.0 Å². The zero-order chi connectivity index (χ0) is 13.1. The highest BCUT2D eigenvalue weighted by Gasteiger charge is 2.13. The summed E-state index contributed by atoms with van der Waals surface area (Å²) in [5.74, 6) is 0.746. The van der Waals surface area contributed by atoms with Crippen molar-refractivity contribution in [1.82, 2.24) is 14.8 Å². The molecule has 2 aromatic rings. The molecule has 1 atom stereocenters. The first kappa shape index (κ1) is 13.3. The number of halogens is 2. The van der Waals surface area contributed by atoms with Crippen LogP contribution in [0.3, 0.4) is 0 Å². The molecule has 0 radical (unpaired) electrons. The van der Waals surface area contributed by atoms with Crippen LogP contribution >= 0.6 is 23.2 Å². The standard InChI is InChI=1S/C12H13Cl2N3O/c1-2-17-12(15-7-16-17)6-11(18)8-3-4-9(13)10(14)5-8/h3-5,7,11,18H,2,6H2,1H3. The van der Waals surface area contributed by atoms with Crippen molar-refractivity contribution in [3.05, 3.63) is 46.0 Å². The SMILES string of the molecule is CCn1ncnc1CC(O)c1ccc(Cl)c(Cl)c1. The van der Waals surface area contributed by atoms with Gasteiger partial charge < -0.3 is 5.11 Å². The molecule has 0 spiro atoms. The number of hydrogen-bond donors (Lipinski definition) is 1. The number of benzene rings is 1. The molecular formula is C12H13Cl2N3O. The van der Waals surface area contributed by atoms with E-state index in [9.17, 15) is 5.11 Å². The van der Waals surface area contributed by atoms with E-state index in [0.717, 1.165) is 17.9 Å². The Morgan fingerprint density at radius 1 is 1.33 bits per heavy atom. The Balaban J connectivity index is 2.16. The van der Waals surface area contributed by atoms with Gasteiger partial charge in [0.25, 0.3) is 0 Å². The lowest BCUT2D eigenvalue weighted by Gasteiger charge is -2.11. The van der Waals surface area contributed by atoms with Crippen LogP contribution in [0.1, 0.15) is 24.4 Å². The summed E-state index contributed by atoms with van der Waals surface area (Å²) in [6.07, 6.45) is 1.21. The molecule has 0 fully saturated rings. The van der Waals surface area contributed by atoms with Gasteiger partial charge in [0.15, 0.2) is 0 Å². The van der Waals surface area contributed by atoms with Crippen molar-refractivity contribution >= 4 is 23.2 Å². The summed E-state index contributed by atoms with van der Waals surface area (Å²) >= 11 is 11.8. The Labute approximate surface area is 115 Å². The molecule has 0 aliphatic carbocycles. The van der Waals surface area contributed by atoms with Gasteiger partial charge in [-0.2, -0.15) is 5.10 Å². The number of rotatable bonds is 4. The van der Waals surface area contributed by atoms with E-state index in [4.69, 9.17) is 23.2 Å². The molecule has 6 heteroatoms. The van der Waals surface area contributed by atoms with Crippen molar-refractivity contribution in [2.75, 3.05) is 0 Å². The van der Waals surface area contributed by atoms with E-state index in [2.05, 4.69) is 10.1 Å². The first-order chi connectivity index (χ1) is 8.61. The highest BCUT2D eigenvalue weighted by molar-refractivity contribution is 6.42. The summed E-state index contributed by atoms with van der Waals surface area (Å²) in [6, 6.07) is 5.10. The average Bonchev–Trinajstić information content (AvgIpc) is 2.79. The van der Waals surface area contributed by atoms with Gasteiger partial charge in [-0.05, 0) is 24.6 Å². The lowest BCUT2D eigenvalue weighted by atomic mass is 10.1. The fraction of sp³-hybridized carbons (Fsp3) is 0.333. The Morgan fingerprint density at radius 3 is 2.78 bits per heavy atom. The van der Waals surface area contributed by atoms with E-state index in [-0.39, 0.29) is 0 Å². The largest absolute Gasteiger partial charge is 0.388 e. The second-order valence-electron chi connectivity index (χ2n) is 3.89. The van der Waals surface area contributed by atoms with Crippen LogP contribution in [0.25, 0.3) is 0 Å². The van der Waals surface area contributed by atoms with Crippen LogP contribution in [0.5, 0.6) is 0 Å². The number of nitrogens with zero attached hydrogens (tertiary/aromatic N) is 3. The van der Waals surface area contributed by atoms with Crippen LogP contribution in [0, 0.1) is 0 Å². The number of hydrogen-bond acceptors (Lipinski definition) is 3. The fourth-order valence-electron chi connectivity index (χ4n) is 1.72.